The molecule has 4 nitrogen and oxygen atoms in total. The molecule has 0 aliphatic rings. The fourth-order valence-corrected chi connectivity index (χ4v) is 2.50. The van der Waals surface area contributed by atoms with Crippen molar-refractivity contribution in [2.45, 2.75) is 26.6 Å². The van der Waals surface area contributed by atoms with Crippen LogP contribution in [0.1, 0.15) is 16.3 Å². The molecule has 0 aliphatic carbocycles. The van der Waals surface area contributed by atoms with E-state index in [4.69, 9.17) is 4.74 Å². The lowest BCUT2D eigenvalue weighted by atomic mass is 10.4. The number of aryl methyl sites for hydroxylation is 2. The molecule has 1 unspecified atom stereocenters. The van der Waals surface area contributed by atoms with Crippen molar-refractivity contribution >= 4 is 11.3 Å². The molecule has 0 radical (unpaired) electrons. The second-order valence-electron chi connectivity index (χ2n) is 4.56. The van der Waals surface area contributed by atoms with Crippen molar-refractivity contribution in [2.75, 3.05) is 18.6 Å². The van der Waals surface area contributed by atoms with E-state index in [1.165, 1.54) is 4.88 Å². The molecule has 0 amide bonds. The summed E-state index contributed by atoms with van der Waals surface area (Å²) in [5, 5.41) is 11.9. The Labute approximate surface area is 117 Å². The summed E-state index contributed by atoms with van der Waals surface area (Å²) >= 11 is 1.66. The zero-order chi connectivity index (χ0) is 13.7. The number of ether oxygens (including phenoxy) is 1. The molecular weight excluding hydrogens is 260 g/mol. The highest BCUT2D eigenvalue weighted by Gasteiger charge is 2.06. The van der Waals surface area contributed by atoms with Gasteiger partial charge in [0.05, 0.1) is 25.9 Å². The summed E-state index contributed by atoms with van der Waals surface area (Å²) in [5.74, 6) is 0. The molecule has 2 rings (SSSR count). The maximum atomic E-state index is 9.86. The van der Waals surface area contributed by atoms with E-state index in [1.54, 1.807) is 11.3 Å². The monoisotopic (exact) mass is 280 g/mol. The van der Waals surface area contributed by atoms with E-state index in [2.05, 4.69) is 5.43 Å². The number of hydrogen-bond donors (Lipinski definition) is 2. The van der Waals surface area contributed by atoms with Gasteiger partial charge in [-0.15, -0.1) is 11.3 Å². The Hall–Kier alpha value is -1.30. The van der Waals surface area contributed by atoms with Crippen LogP contribution < -0.4 is 5.43 Å². The van der Waals surface area contributed by atoms with Gasteiger partial charge in [-0.05, 0) is 37.4 Å². The van der Waals surface area contributed by atoms with E-state index in [-0.39, 0.29) is 0 Å². The van der Waals surface area contributed by atoms with Gasteiger partial charge in [0, 0.05) is 16.3 Å². The van der Waals surface area contributed by atoms with Crippen molar-refractivity contribution in [1.29, 1.82) is 0 Å². The van der Waals surface area contributed by atoms with Crippen molar-refractivity contribution in [2.24, 2.45) is 0 Å². The van der Waals surface area contributed by atoms with Crippen molar-refractivity contribution in [3.63, 3.8) is 0 Å². The predicted octanol–water partition coefficient (Wildman–Crippen LogP) is 2.29. The second kappa shape index (κ2) is 6.75. The van der Waals surface area contributed by atoms with E-state index < -0.39 is 6.10 Å². The molecule has 2 aromatic heterocycles. The van der Waals surface area contributed by atoms with E-state index >= 15 is 0 Å². The Bertz CT molecular complexity index is 474. The molecule has 0 bridgehead atoms. The van der Waals surface area contributed by atoms with Crippen LogP contribution in [0.4, 0.5) is 0 Å². The first-order valence-corrected chi connectivity index (χ1v) is 7.22. The van der Waals surface area contributed by atoms with Gasteiger partial charge < -0.3 is 15.3 Å². The number of aromatic nitrogens is 1. The van der Waals surface area contributed by atoms with Gasteiger partial charge in [-0.3, -0.25) is 4.68 Å². The molecule has 19 heavy (non-hydrogen) atoms. The minimum absolute atomic E-state index is 0.338. The van der Waals surface area contributed by atoms with Gasteiger partial charge >= 0.3 is 0 Å². The molecular formula is C14H20N2O2S. The van der Waals surface area contributed by atoms with E-state index in [0.717, 1.165) is 11.4 Å². The Morgan fingerprint density at radius 2 is 2.05 bits per heavy atom. The molecule has 5 heteroatoms. The summed E-state index contributed by atoms with van der Waals surface area (Å²) in [6.45, 7) is 5.43. The molecule has 0 saturated heterocycles. The Kier molecular flexibility index (Phi) is 5.01. The van der Waals surface area contributed by atoms with Gasteiger partial charge in [0.1, 0.15) is 0 Å². The fourth-order valence-electron chi connectivity index (χ4n) is 1.86. The highest BCUT2D eigenvalue weighted by atomic mass is 32.1. The summed E-state index contributed by atoms with van der Waals surface area (Å²) in [7, 11) is 0. The molecule has 0 aliphatic heterocycles. The van der Waals surface area contributed by atoms with Gasteiger partial charge in [-0.2, -0.15) is 0 Å². The first-order chi connectivity index (χ1) is 9.16. The van der Waals surface area contributed by atoms with Gasteiger partial charge in [0.15, 0.2) is 0 Å². The zero-order valence-corrected chi connectivity index (χ0v) is 12.1. The smallest absolute Gasteiger partial charge is 0.0961 e. The lowest BCUT2D eigenvalue weighted by Crippen LogP contribution is -2.30. The van der Waals surface area contributed by atoms with Crippen molar-refractivity contribution in [3.8, 4) is 0 Å². The minimum Gasteiger partial charge on any atom is -0.389 e. The maximum Gasteiger partial charge on any atom is 0.0961 e. The topological polar surface area (TPSA) is 46.4 Å². The number of hydrogen-bond acceptors (Lipinski definition) is 4. The zero-order valence-electron chi connectivity index (χ0n) is 11.3. The Morgan fingerprint density at radius 1 is 1.32 bits per heavy atom. The number of nitrogens with zero attached hydrogens (tertiary/aromatic N) is 1. The van der Waals surface area contributed by atoms with Gasteiger partial charge in [0.25, 0.3) is 0 Å². The molecule has 2 heterocycles. The van der Waals surface area contributed by atoms with Crippen molar-refractivity contribution in [3.05, 3.63) is 45.9 Å². The first-order valence-electron chi connectivity index (χ1n) is 6.34. The number of rotatable bonds is 7. The Morgan fingerprint density at radius 3 is 2.68 bits per heavy atom. The van der Waals surface area contributed by atoms with Crippen LogP contribution in [-0.4, -0.2) is 29.0 Å². The average molecular weight is 280 g/mol. The van der Waals surface area contributed by atoms with E-state index in [9.17, 15) is 5.11 Å². The summed E-state index contributed by atoms with van der Waals surface area (Å²) in [5.41, 5.74) is 5.45. The summed E-state index contributed by atoms with van der Waals surface area (Å²) in [6, 6.07) is 8.12. The molecule has 1 atom stereocenters. The number of thiophene rings is 1. The van der Waals surface area contributed by atoms with Crippen molar-refractivity contribution in [1.82, 2.24) is 4.68 Å². The highest BCUT2D eigenvalue weighted by Crippen LogP contribution is 2.09. The van der Waals surface area contributed by atoms with Crippen LogP contribution in [-0.2, 0) is 11.3 Å². The molecule has 2 aromatic rings. The minimum atomic E-state index is -0.513. The van der Waals surface area contributed by atoms with Gasteiger partial charge in [0.2, 0.25) is 0 Å². The summed E-state index contributed by atoms with van der Waals surface area (Å²) in [4.78, 5) is 1.18. The van der Waals surface area contributed by atoms with Crippen molar-refractivity contribution < 1.29 is 9.84 Å². The molecule has 0 aromatic carbocycles. The number of nitrogens with one attached hydrogen (secondary N) is 1. The normalized spacial score (nSPS) is 12.6. The lowest BCUT2D eigenvalue weighted by molar-refractivity contribution is 0.0347. The molecule has 0 fully saturated rings. The fraction of sp³-hybridized carbons (Fsp3) is 0.429. The van der Waals surface area contributed by atoms with Crippen LogP contribution in [0.5, 0.6) is 0 Å². The average Bonchev–Trinajstić information content (AvgIpc) is 2.99. The number of aliphatic hydroxyl groups excluding tert-OH is 1. The second-order valence-corrected chi connectivity index (χ2v) is 5.59. The lowest BCUT2D eigenvalue weighted by Gasteiger charge is -2.16. The SMILES string of the molecule is Cc1ccc(C)n1NCC(O)COCc1cccs1. The maximum absolute atomic E-state index is 9.86. The third-order valence-corrected chi connectivity index (χ3v) is 3.74. The molecule has 104 valence electrons. The quantitative estimate of drug-likeness (QED) is 0.818. The summed E-state index contributed by atoms with van der Waals surface area (Å²) < 4.78 is 7.46. The molecule has 0 spiro atoms. The standard InChI is InChI=1S/C14H20N2O2S/c1-11-5-6-12(2)16(11)15-8-13(17)9-18-10-14-4-3-7-19-14/h3-7,13,15,17H,8-10H2,1-2H3. The van der Waals surface area contributed by atoms with Crippen LogP contribution in [0, 0.1) is 13.8 Å². The molecule has 2 N–H and O–H groups in total. The van der Waals surface area contributed by atoms with Crippen LogP contribution in [0.2, 0.25) is 0 Å². The highest BCUT2D eigenvalue weighted by molar-refractivity contribution is 7.09. The third-order valence-electron chi connectivity index (χ3n) is 2.89. The largest absolute Gasteiger partial charge is 0.389 e. The van der Waals surface area contributed by atoms with E-state index in [0.29, 0.717) is 19.8 Å². The van der Waals surface area contributed by atoms with Crippen LogP contribution in [0.25, 0.3) is 0 Å². The first kappa shape index (κ1) is 14.1. The van der Waals surface area contributed by atoms with Crippen LogP contribution in [0.15, 0.2) is 29.6 Å². The van der Waals surface area contributed by atoms with Gasteiger partial charge in [-0.1, -0.05) is 6.07 Å². The van der Waals surface area contributed by atoms with Gasteiger partial charge in [-0.25, -0.2) is 0 Å². The third kappa shape index (κ3) is 4.09. The summed E-state index contributed by atoms with van der Waals surface area (Å²) in [6.07, 6.45) is -0.513. The molecule has 0 saturated carbocycles. The van der Waals surface area contributed by atoms with Crippen LogP contribution >= 0.6 is 11.3 Å². The number of aliphatic hydroxyl groups is 1. The van der Waals surface area contributed by atoms with Crippen LogP contribution in [0.3, 0.4) is 0 Å². The Balaban J connectivity index is 1.68. The van der Waals surface area contributed by atoms with E-state index in [1.807, 2.05) is 48.2 Å². The predicted molar refractivity (Wildman–Crippen MR) is 78.1 cm³/mol.